The molecule has 0 nitrogen and oxygen atoms in total. The van der Waals surface area contributed by atoms with Crippen LogP contribution in [0.5, 0.6) is 0 Å². The predicted octanol–water partition coefficient (Wildman–Crippen LogP) is 6.25. The van der Waals surface area contributed by atoms with Crippen LogP contribution in [-0.4, -0.2) is 0 Å². The second-order valence-corrected chi connectivity index (χ2v) is 7.38. The van der Waals surface area contributed by atoms with Crippen molar-refractivity contribution < 1.29 is 0 Å². The molecule has 0 amide bonds. The Kier molecular flexibility index (Phi) is 3.54. The number of hydrogen-bond acceptors (Lipinski definition) is 0. The van der Waals surface area contributed by atoms with Crippen molar-refractivity contribution >= 4 is 22.4 Å². The lowest BCUT2D eigenvalue weighted by Crippen LogP contribution is -2.22. The Morgan fingerprint density at radius 1 is 1.15 bits per heavy atom. The molecule has 2 atom stereocenters. The highest BCUT2D eigenvalue weighted by Crippen LogP contribution is 2.52. The number of aryl methyl sites for hydroxylation is 1. The summed E-state index contributed by atoms with van der Waals surface area (Å²) in [6.07, 6.45) is 3.86. The molecule has 0 bridgehead atoms. The third-order valence-corrected chi connectivity index (χ3v) is 5.68. The van der Waals surface area contributed by atoms with E-state index in [0.29, 0.717) is 11.3 Å². The van der Waals surface area contributed by atoms with Crippen LogP contribution in [0.4, 0.5) is 0 Å². The smallest absolute Gasteiger partial charge is 0.0627 e. The van der Waals surface area contributed by atoms with Crippen molar-refractivity contribution in [1.82, 2.24) is 0 Å². The Bertz CT molecular complexity index is 627. The normalized spacial score (nSPS) is 23.1. The van der Waals surface area contributed by atoms with Crippen molar-refractivity contribution in [1.29, 1.82) is 0 Å². The van der Waals surface area contributed by atoms with Gasteiger partial charge in [0.25, 0.3) is 0 Å². The summed E-state index contributed by atoms with van der Waals surface area (Å²) in [6, 6.07) is 13.0. The fourth-order valence-electron chi connectivity index (χ4n) is 3.87. The van der Waals surface area contributed by atoms with Gasteiger partial charge in [-0.25, -0.2) is 0 Å². The first-order chi connectivity index (χ1) is 9.50. The molecular weight excluding hydrogens is 264 g/mol. The lowest BCUT2D eigenvalue weighted by atomic mass is 9.77. The Hall–Kier alpha value is -1.01. The molecule has 0 spiro atoms. The summed E-state index contributed by atoms with van der Waals surface area (Å²) in [6.45, 7) is 6.94. The zero-order chi connectivity index (χ0) is 14.3. The summed E-state index contributed by atoms with van der Waals surface area (Å²) >= 11 is 6.98. The molecule has 2 unspecified atom stereocenters. The van der Waals surface area contributed by atoms with Gasteiger partial charge in [-0.05, 0) is 53.0 Å². The molecule has 0 aliphatic heterocycles. The molecule has 0 N–H and O–H groups in total. The molecule has 1 saturated carbocycles. The van der Waals surface area contributed by atoms with Gasteiger partial charge in [-0.15, -0.1) is 11.6 Å². The van der Waals surface area contributed by atoms with Crippen molar-refractivity contribution in [2.45, 2.75) is 45.4 Å². The van der Waals surface area contributed by atoms with Gasteiger partial charge in [-0.1, -0.05) is 56.7 Å². The second kappa shape index (κ2) is 5.07. The second-order valence-electron chi connectivity index (χ2n) is 6.91. The van der Waals surface area contributed by atoms with Crippen LogP contribution >= 0.6 is 11.6 Å². The molecule has 2 aromatic rings. The van der Waals surface area contributed by atoms with Crippen LogP contribution in [0.3, 0.4) is 0 Å². The first kappa shape index (κ1) is 13.9. The van der Waals surface area contributed by atoms with Crippen LogP contribution < -0.4 is 0 Å². The van der Waals surface area contributed by atoms with Gasteiger partial charge in [-0.3, -0.25) is 0 Å². The van der Waals surface area contributed by atoms with Gasteiger partial charge in [0, 0.05) is 0 Å². The fourth-order valence-corrected chi connectivity index (χ4v) is 4.62. The summed E-state index contributed by atoms with van der Waals surface area (Å²) in [5.41, 5.74) is 3.03. The number of hydrogen-bond donors (Lipinski definition) is 0. The van der Waals surface area contributed by atoms with E-state index in [2.05, 4.69) is 57.2 Å². The molecule has 1 fully saturated rings. The maximum absolute atomic E-state index is 6.98. The first-order valence-electron chi connectivity index (χ1n) is 7.63. The molecular formula is C19H23Cl. The maximum atomic E-state index is 6.98. The van der Waals surface area contributed by atoms with Crippen LogP contribution in [0, 0.1) is 18.3 Å². The van der Waals surface area contributed by atoms with Gasteiger partial charge in [0.2, 0.25) is 0 Å². The van der Waals surface area contributed by atoms with E-state index in [0.717, 1.165) is 0 Å². The van der Waals surface area contributed by atoms with Crippen LogP contribution in [0.15, 0.2) is 36.4 Å². The van der Waals surface area contributed by atoms with E-state index in [-0.39, 0.29) is 5.38 Å². The highest BCUT2D eigenvalue weighted by molar-refractivity contribution is 6.22. The zero-order valence-corrected chi connectivity index (χ0v) is 13.4. The Morgan fingerprint density at radius 3 is 2.60 bits per heavy atom. The summed E-state index contributed by atoms with van der Waals surface area (Å²) in [4.78, 5) is 0. The van der Waals surface area contributed by atoms with E-state index >= 15 is 0 Å². The van der Waals surface area contributed by atoms with E-state index < -0.39 is 0 Å². The SMILES string of the molecule is Cc1ccc2ccccc2c1C(Cl)C1CCCC1(C)C. The van der Waals surface area contributed by atoms with Crippen molar-refractivity contribution in [3.8, 4) is 0 Å². The van der Waals surface area contributed by atoms with E-state index in [4.69, 9.17) is 11.6 Å². The van der Waals surface area contributed by atoms with Gasteiger partial charge in [-0.2, -0.15) is 0 Å². The minimum atomic E-state index is 0.124. The molecule has 0 saturated heterocycles. The van der Waals surface area contributed by atoms with Crippen LogP contribution in [0.25, 0.3) is 10.8 Å². The number of fused-ring (bicyclic) bond motifs is 1. The summed E-state index contributed by atoms with van der Waals surface area (Å²) in [5.74, 6) is 0.577. The Morgan fingerprint density at radius 2 is 1.90 bits per heavy atom. The largest absolute Gasteiger partial charge is 0.117 e. The van der Waals surface area contributed by atoms with E-state index in [1.165, 1.54) is 41.2 Å². The Balaban J connectivity index is 2.12. The molecule has 3 rings (SSSR count). The van der Waals surface area contributed by atoms with E-state index in [1.54, 1.807) is 0 Å². The zero-order valence-electron chi connectivity index (χ0n) is 12.6. The van der Waals surface area contributed by atoms with Gasteiger partial charge < -0.3 is 0 Å². The molecule has 1 heteroatoms. The number of benzene rings is 2. The topological polar surface area (TPSA) is 0 Å². The summed E-state index contributed by atoms with van der Waals surface area (Å²) in [7, 11) is 0. The fraction of sp³-hybridized carbons (Fsp3) is 0.474. The van der Waals surface area contributed by atoms with Crippen molar-refractivity contribution in [2.75, 3.05) is 0 Å². The summed E-state index contributed by atoms with van der Waals surface area (Å²) < 4.78 is 0. The molecule has 2 aromatic carbocycles. The molecule has 0 radical (unpaired) electrons. The van der Waals surface area contributed by atoms with Crippen LogP contribution in [-0.2, 0) is 0 Å². The van der Waals surface area contributed by atoms with Gasteiger partial charge >= 0.3 is 0 Å². The van der Waals surface area contributed by atoms with Crippen LogP contribution in [0.2, 0.25) is 0 Å². The Labute approximate surface area is 127 Å². The monoisotopic (exact) mass is 286 g/mol. The van der Waals surface area contributed by atoms with Crippen molar-refractivity contribution in [3.63, 3.8) is 0 Å². The minimum absolute atomic E-state index is 0.124. The van der Waals surface area contributed by atoms with Gasteiger partial charge in [0.15, 0.2) is 0 Å². The average Bonchev–Trinajstić information content (AvgIpc) is 2.77. The van der Waals surface area contributed by atoms with Crippen molar-refractivity contribution in [2.24, 2.45) is 11.3 Å². The quantitative estimate of drug-likeness (QED) is 0.572. The van der Waals surface area contributed by atoms with Gasteiger partial charge in [0.1, 0.15) is 0 Å². The standard InChI is InChI=1S/C19H23Cl/c1-13-10-11-14-7-4-5-8-15(14)17(13)18(20)16-9-6-12-19(16,2)3/h4-5,7-8,10-11,16,18H,6,9,12H2,1-3H3. The minimum Gasteiger partial charge on any atom is -0.117 e. The van der Waals surface area contributed by atoms with Crippen LogP contribution in [0.1, 0.15) is 49.6 Å². The third kappa shape index (κ3) is 2.24. The molecule has 20 heavy (non-hydrogen) atoms. The predicted molar refractivity (Wildman–Crippen MR) is 88.4 cm³/mol. The average molecular weight is 287 g/mol. The first-order valence-corrected chi connectivity index (χ1v) is 8.07. The molecule has 0 aromatic heterocycles. The molecule has 1 aliphatic rings. The molecule has 1 aliphatic carbocycles. The summed E-state index contributed by atoms with van der Waals surface area (Å²) in [5, 5.41) is 2.75. The van der Waals surface area contributed by atoms with E-state index in [1.807, 2.05) is 0 Å². The van der Waals surface area contributed by atoms with Crippen molar-refractivity contribution in [3.05, 3.63) is 47.5 Å². The highest BCUT2D eigenvalue weighted by Gasteiger charge is 2.40. The third-order valence-electron chi connectivity index (χ3n) is 5.16. The molecule has 106 valence electrons. The number of rotatable bonds is 2. The highest BCUT2D eigenvalue weighted by atomic mass is 35.5. The lowest BCUT2D eigenvalue weighted by Gasteiger charge is -2.32. The lowest BCUT2D eigenvalue weighted by molar-refractivity contribution is 0.252. The molecule has 0 heterocycles. The number of halogens is 1. The van der Waals surface area contributed by atoms with Gasteiger partial charge in [0.05, 0.1) is 5.38 Å². The van der Waals surface area contributed by atoms with E-state index in [9.17, 15) is 0 Å². The maximum Gasteiger partial charge on any atom is 0.0627 e. The number of alkyl halides is 1.